The van der Waals surface area contributed by atoms with Crippen LogP contribution in [0.5, 0.6) is 0 Å². The fourth-order valence-electron chi connectivity index (χ4n) is 5.21. The van der Waals surface area contributed by atoms with Crippen LogP contribution in [0.2, 0.25) is 0 Å². The summed E-state index contributed by atoms with van der Waals surface area (Å²) >= 11 is 0. The average molecular weight is 413 g/mol. The standard InChI is InChI=1S/C30H24N2/c1-3-17-31-20-25(23-13-7-9-15-26(23)31)29-22-12-6-5-11-21(22)19-28-30(29)24-14-8-10-16-27(24)32(28)18-4-2/h3-16,19-20H,1-2,17-18H2. The molecule has 0 bridgehead atoms. The predicted octanol–water partition coefficient (Wildman–Crippen LogP) is 7.94. The molecule has 0 unspecified atom stereocenters. The number of fused-ring (bicyclic) bond motifs is 5. The van der Waals surface area contributed by atoms with Gasteiger partial charge in [0.1, 0.15) is 0 Å². The van der Waals surface area contributed by atoms with Gasteiger partial charge >= 0.3 is 0 Å². The van der Waals surface area contributed by atoms with Gasteiger partial charge in [0.15, 0.2) is 0 Å². The normalized spacial score (nSPS) is 11.6. The lowest BCUT2D eigenvalue weighted by Gasteiger charge is -2.11. The van der Waals surface area contributed by atoms with Gasteiger partial charge in [-0.25, -0.2) is 0 Å². The summed E-state index contributed by atoms with van der Waals surface area (Å²) in [5.41, 5.74) is 6.30. The first-order chi connectivity index (χ1) is 15.8. The van der Waals surface area contributed by atoms with Gasteiger partial charge in [0.2, 0.25) is 0 Å². The predicted molar refractivity (Wildman–Crippen MR) is 138 cm³/mol. The molecule has 0 aliphatic heterocycles. The van der Waals surface area contributed by atoms with Crippen molar-refractivity contribution in [2.24, 2.45) is 0 Å². The van der Waals surface area contributed by atoms with Crippen molar-refractivity contribution in [1.82, 2.24) is 9.13 Å². The summed E-state index contributed by atoms with van der Waals surface area (Å²) in [6.45, 7) is 9.56. The van der Waals surface area contributed by atoms with Crippen molar-refractivity contribution in [2.45, 2.75) is 13.1 Å². The van der Waals surface area contributed by atoms with Crippen LogP contribution in [0, 0.1) is 0 Å². The Morgan fingerprint density at radius 1 is 0.656 bits per heavy atom. The molecule has 0 spiro atoms. The fraction of sp³-hybridized carbons (Fsp3) is 0.0667. The third kappa shape index (κ3) is 2.59. The monoisotopic (exact) mass is 412 g/mol. The summed E-state index contributed by atoms with van der Waals surface area (Å²) in [5, 5.41) is 6.40. The van der Waals surface area contributed by atoms with Gasteiger partial charge in [0.05, 0.1) is 5.52 Å². The number of benzene rings is 4. The van der Waals surface area contributed by atoms with E-state index in [2.05, 4.69) is 107 Å². The average Bonchev–Trinajstić information content (AvgIpc) is 3.34. The highest BCUT2D eigenvalue weighted by Gasteiger charge is 2.20. The van der Waals surface area contributed by atoms with Gasteiger partial charge in [0, 0.05) is 57.6 Å². The molecule has 32 heavy (non-hydrogen) atoms. The molecule has 0 amide bonds. The Morgan fingerprint density at radius 2 is 1.31 bits per heavy atom. The van der Waals surface area contributed by atoms with Crippen LogP contribution in [0.1, 0.15) is 0 Å². The van der Waals surface area contributed by atoms with E-state index in [1.807, 2.05) is 12.2 Å². The SMILES string of the molecule is C=CCn1cc(-c2c3ccccc3cc3c2c2ccccc2n3CC=C)c2ccccc21. The second kappa shape index (κ2) is 7.28. The minimum atomic E-state index is 0.778. The second-order valence-electron chi connectivity index (χ2n) is 8.28. The van der Waals surface area contributed by atoms with E-state index < -0.39 is 0 Å². The first-order valence-corrected chi connectivity index (χ1v) is 11.0. The zero-order valence-electron chi connectivity index (χ0n) is 18.0. The number of rotatable bonds is 5. The van der Waals surface area contributed by atoms with E-state index in [4.69, 9.17) is 0 Å². The van der Waals surface area contributed by atoms with E-state index in [9.17, 15) is 0 Å². The second-order valence-corrected chi connectivity index (χ2v) is 8.28. The van der Waals surface area contributed by atoms with Gasteiger partial charge in [-0.05, 0) is 29.0 Å². The van der Waals surface area contributed by atoms with Gasteiger partial charge in [-0.15, -0.1) is 13.2 Å². The Hall–Kier alpha value is -4.04. The highest BCUT2D eigenvalue weighted by Crippen LogP contribution is 2.44. The van der Waals surface area contributed by atoms with Crippen molar-refractivity contribution < 1.29 is 0 Å². The van der Waals surface area contributed by atoms with Crippen molar-refractivity contribution in [2.75, 3.05) is 0 Å². The molecule has 6 aromatic rings. The lowest BCUT2D eigenvalue weighted by atomic mass is 9.93. The van der Waals surface area contributed by atoms with E-state index >= 15 is 0 Å². The first kappa shape index (κ1) is 18.7. The largest absolute Gasteiger partial charge is 0.343 e. The first-order valence-electron chi connectivity index (χ1n) is 11.0. The number of nitrogens with zero attached hydrogens (tertiary/aromatic N) is 2. The van der Waals surface area contributed by atoms with Crippen LogP contribution in [0.15, 0.2) is 110 Å². The highest BCUT2D eigenvalue weighted by atomic mass is 15.0. The maximum absolute atomic E-state index is 4.02. The molecule has 2 heteroatoms. The number of aromatic nitrogens is 2. The Balaban J connectivity index is 1.87. The Morgan fingerprint density at radius 3 is 2.09 bits per heavy atom. The molecule has 0 atom stereocenters. The van der Waals surface area contributed by atoms with Crippen molar-refractivity contribution in [1.29, 1.82) is 0 Å². The zero-order valence-corrected chi connectivity index (χ0v) is 18.0. The molecule has 0 radical (unpaired) electrons. The summed E-state index contributed by atoms with van der Waals surface area (Å²) in [7, 11) is 0. The number of allylic oxidation sites excluding steroid dienone is 2. The van der Waals surface area contributed by atoms with Crippen LogP contribution < -0.4 is 0 Å². The molecule has 6 rings (SSSR count). The molecule has 0 saturated heterocycles. The van der Waals surface area contributed by atoms with Crippen LogP contribution in [0.25, 0.3) is 54.6 Å². The fourth-order valence-corrected chi connectivity index (χ4v) is 5.21. The Kier molecular flexibility index (Phi) is 4.26. The number of para-hydroxylation sites is 2. The molecule has 2 nitrogen and oxygen atoms in total. The van der Waals surface area contributed by atoms with Gasteiger partial charge < -0.3 is 9.13 Å². The van der Waals surface area contributed by atoms with E-state index in [-0.39, 0.29) is 0 Å². The lowest BCUT2D eigenvalue weighted by molar-refractivity contribution is 0.866. The molecule has 0 aliphatic rings. The van der Waals surface area contributed by atoms with Crippen molar-refractivity contribution in [3.8, 4) is 11.1 Å². The van der Waals surface area contributed by atoms with E-state index in [0.717, 1.165) is 13.1 Å². The summed E-state index contributed by atoms with van der Waals surface area (Å²) < 4.78 is 4.69. The summed E-state index contributed by atoms with van der Waals surface area (Å²) in [6, 6.07) is 28.5. The van der Waals surface area contributed by atoms with E-state index in [0.29, 0.717) is 0 Å². The molecule has 0 N–H and O–H groups in total. The van der Waals surface area contributed by atoms with Gasteiger partial charge in [-0.3, -0.25) is 0 Å². The maximum atomic E-state index is 4.02. The molecule has 2 heterocycles. The van der Waals surface area contributed by atoms with Gasteiger partial charge in [0.25, 0.3) is 0 Å². The van der Waals surface area contributed by atoms with Crippen molar-refractivity contribution >= 4 is 43.5 Å². The highest BCUT2D eigenvalue weighted by molar-refractivity contribution is 6.24. The molecule has 0 saturated carbocycles. The van der Waals surface area contributed by atoms with Crippen LogP contribution in [0.4, 0.5) is 0 Å². The number of hydrogen-bond acceptors (Lipinski definition) is 0. The molecule has 0 fully saturated rings. The quantitative estimate of drug-likeness (QED) is 0.254. The van der Waals surface area contributed by atoms with Crippen LogP contribution >= 0.6 is 0 Å². The maximum Gasteiger partial charge on any atom is 0.0507 e. The third-order valence-corrected chi connectivity index (χ3v) is 6.48. The molecule has 0 aliphatic carbocycles. The number of hydrogen-bond donors (Lipinski definition) is 0. The Bertz CT molecular complexity index is 1660. The van der Waals surface area contributed by atoms with Crippen LogP contribution in [-0.4, -0.2) is 9.13 Å². The molecule has 154 valence electrons. The Labute approximate surface area is 187 Å². The molecular formula is C30H24N2. The summed E-state index contributed by atoms with van der Waals surface area (Å²) in [4.78, 5) is 0. The van der Waals surface area contributed by atoms with Gasteiger partial charge in [-0.2, -0.15) is 0 Å². The van der Waals surface area contributed by atoms with Crippen molar-refractivity contribution in [3.05, 3.63) is 110 Å². The van der Waals surface area contributed by atoms with Crippen LogP contribution in [-0.2, 0) is 13.1 Å². The van der Waals surface area contributed by atoms with Crippen LogP contribution in [0.3, 0.4) is 0 Å². The van der Waals surface area contributed by atoms with E-state index in [1.165, 1.54) is 54.6 Å². The molecule has 2 aromatic heterocycles. The molecular weight excluding hydrogens is 388 g/mol. The molecule has 4 aromatic carbocycles. The summed E-state index contributed by atoms with van der Waals surface area (Å²) in [6.07, 6.45) is 6.24. The third-order valence-electron chi connectivity index (χ3n) is 6.48. The topological polar surface area (TPSA) is 9.86 Å². The summed E-state index contributed by atoms with van der Waals surface area (Å²) in [5.74, 6) is 0. The van der Waals surface area contributed by atoms with Gasteiger partial charge in [-0.1, -0.05) is 72.8 Å². The van der Waals surface area contributed by atoms with Crippen molar-refractivity contribution in [3.63, 3.8) is 0 Å². The zero-order chi connectivity index (χ0) is 21.7. The lowest BCUT2D eigenvalue weighted by Crippen LogP contribution is -1.94. The minimum Gasteiger partial charge on any atom is -0.343 e. The smallest absolute Gasteiger partial charge is 0.0507 e. The minimum absolute atomic E-state index is 0.778. The van der Waals surface area contributed by atoms with E-state index in [1.54, 1.807) is 0 Å².